The highest BCUT2D eigenvalue weighted by Gasteiger charge is 2.23. The molecule has 0 atom stereocenters. The lowest BCUT2D eigenvalue weighted by atomic mass is 9.91. The number of imidazole rings is 1. The molecule has 0 aromatic carbocycles. The van der Waals surface area contributed by atoms with E-state index in [1.54, 1.807) is 11.3 Å². The Kier molecular flexibility index (Phi) is 2.35. The molecule has 0 aliphatic carbocycles. The minimum atomic E-state index is 0.0638. The highest BCUT2D eigenvalue weighted by atomic mass is 32.1. The Morgan fingerprint density at radius 2 is 2.13 bits per heavy atom. The molecule has 0 aliphatic rings. The van der Waals surface area contributed by atoms with E-state index in [9.17, 15) is 0 Å². The number of hydrogen-bond acceptors (Lipinski definition) is 3. The molecule has 2 aromatic rings. The number of fused-ring (bicyclic) bond motifs is 1. The molecule has 0 spiro atoms. The number of nitrogens with zero attached hydrogens (tertiary/aromatic N) is 2. The van der Waals surface area contributed by atoms with Crippen LogP contribution < -0.4 is 5.73 Å². The third-order valence-electron chi connectivity index (χ3n) is 2.44. The van der Waals surface area contributed by atoms with E-state index < -0.39 is 0 Å². The lowest BCUT2D eigenvalue weighted by Crippen LogP contribution is -2.16. The predicted molar refractivity (Wildman–Crippen MR) is 64.4 cm³/mol. The monoisotopic (exact) mass is 223 g/mol. The molecule has 0 fully saturated rings. The van der Waals surface area contributed by atoms with Crippen LogP contribution in [0.3, 0.4) is 0 Å². The molecular weight excluding hydrogens is 206 g/mol. The maximum Gasteiger partial charge on any atom is 0.194 e. The maximum atomic E-state index is 5.81. The van der Waals surface area contributed by atoms with Gasteiger partial charge < -0.3 is 5.73 Å². The Bertz CT molecular complexity index is 488. The van der Waals surface area contributed by atoms with E-state index in [1.807, 2.05) is 0 Å². The van der Waals surface area contributed by atoms with Crippen molar-refractivity contribution in [3.8, 4) is 0 Å². The summed E-state index contributed by atoms with van der Waals surface area (Å²) in [5.41, 5.74) is 8.14. The molecule has 0 saturated heterocycles. The van der Waals surface area contributed by atoms with E-state index in [0.717, 1.165) is 16.3 Å². The van der Waals surface area contributed by atoms with Gasteiger partial charge in [0.2, 0.25) is 0 Å². The molecule has 3 nitrogen and oxygen atoms in total. The number of hydrogen-bond donors (Lipinski definition) is 1. The van der Waals surface area contributed by atoms with Crippen molar-refractivity contribution in [1.29, 1.82) is 0 Å². The zero-order valence-electron chi connectivity index (χ0n) is 9.66. The molecule has 4 heteroatoms. The molecule has 2 N–H and O–H groups in total. The van der Waals surface area contributed by atoms with Crippen molar-refractivity contribution >= 4 is 16.3 Å². The minimum absolute atomic E-state index is 0.0638. The Hall–Kier alpha value is -0.870. The van der Waals surface area contributed by atoms with E-state index in [0.29, 0.717) is 6.54 Å². The summed E-state index contributed by atoms with van der Waals surface area (Å²) in [7, 11) is 0. The van der Waals surface area contributed by atoms with Gasteiger partial charge in [-0.2, -0.15) is 0 Å². The highest BCUT2D eigenvalue weighted by Crippen LogP contribution is 2.28. The predicted octanol–water partition coefficient (Wildman–Crippen LogP) is 2.46. The van der Waals surface area contributed by atoms with Crippen molar-refractivity contribution in [2.24, 2.45) is 5.73 Å². The average molecular weight is 223 g/mol. The number of aromatic nitrogens is 2. The van der Waals surface area contributed by atoms with Crippen molar-refractivity contribution in [3.05, 3.63) is 22.5 Å². The molecular formula is C11H17N3S. The summed E-state index contributed by atoms with van der Waals surface area (Å²) in [5.74, 6) is 0. The minimum Gasteiger partial charge on any atom is -0.325 e. The lowest BCUT2D eigenvalue weighted by Gasteiger charge is -2.17. The highest BCUT2D eigenvalue weighted by molar-refractivity contribution is 7.17. The molecule has 2 rings (SSSR count). The van der Waals surface area contributed by atoms with Gasteiger partial charge in [-0.15, -0.1) is 11.3 Å². The first-order chi connectivity index (χ1) is 6.93. The topological polar surface area (TPSA) is 43.3 Å². The fourth-order valence-electron chi connectivity index (χ4n) is 1.80. The van der Waals surface area contributed by atoms with E-state index in [1.165, 1.54) is 4.88 Å². The van der Waals surface area contributed by atoms with Crippen LogP contribution in [-0.2, 0) is 12.0 Å². The zero-order valence-corrected chi connectivity index (χ0v) is 10.5. The van der Waals surface area contributed by atoms with Crippen LogP contribution in [0.5, 0.6) is 0 Å². The van der Waals surface area contributed by atoms with Gasteiger partial charge in [0, 0.05) is 23.0 Å². The van der Waals surface area contributed by atoms with Gasteiger partial charge in [0.1, 0.15) is 0 Å². The van der Waals surface area contributed by atoms with Crippen molar-refractivity contribution in [2.45, 2.75) is 39.7 Å². The maximum absolute atomic E-state index is 5.81. The van der Waals surface area contributed by atoms with Crippen LogP contribution in [0.2, 0.25) is 0 Å². The van der Waals surface area contributed by atoms with Crippen LogP contribution in [0, 0.1) is 6.92 Å². The summed E-state index contributed by atoms with van der Waals surface area (Å²) in [4.78, 5) is 7.00. The van der Waals surface area contributed by atoms with Crippen LogP contribution in [0.4, 0.5) is 0 Å². The Balaban J connectivity index is 2.71. The van der Waals surface area contributed by atoms with Crippen molar-refractivity contribution in [3.63, 3.8) is 0 Å². The second-order valence-electron chi connectivity index (χ2n) is 4.86. The molecule has 15 heavy (non-hydrogen) atoms. The third-order valence-corrected chi connectivity index (χ3v) is 3.34. The molecule has 0 bridgehead atoms. The zero-order chi connectivity index (χ0) is 11.2. The van der Waals surface area contributed by atoms with Crippen LogP contribution in [0.15, 0.2) is 6.20 Å². The van der Waals surface area contributed by atoms with Crippen LogP contribution in [0.1, 0.15) is 37.0 Å². The first-order valence-electron chi connectivity index (χ1n) is 5.11. The second kappa shape index (κ2) is 3.32. The van der Waals surface area contributed by atoms with E-state index in [2.05, 4.69) is 43.3 Å². The van der Waals surface area contributed by atoms with Crippen LogP contribution in [-0.4, -0.2) is 9.38 Å². The molecule has 0 unspecified atom stereocenters. The van der Waals surface area contributed by atoms with Gasteiger partial charge in [-0.05, 0) is 6.92 Å². The Morgan fingerprint density at radius 3 is 2.67 bits per heavy atom. The SMILES string of the molecule is Cc1cn2c(CN)c(C(C)(C)C)nc2s1. The molecule has 0 saturated carbocycles. The summed E-state index contributed by atoms with van der Waals surface area (Å²) in [6, 6.07) is 0. The number of nitrogens with two attached hydrogens (primary N) is 1. The summed E-state index contributed by atoms with van der Waals surface area (Å²) in [5, 5.41) is 0. The second-order valence-corrected chi connectivity index (χ2v) is 6.07. The standard InChI is InChI=1S/C11H17N3S/c1-7-6-14-8(5-12)9(11(2,3)4)13-10(14)15-7/h6H,5,12H2,1-4H3. The van der Waals surface area contributed by atoms with Gasteiger partial charge >= 0.3 is 0 Å². The smallest absolute Gasteiger partial charge is 0.194 e. The first-order valence-corrected chi connectivity index (χ1v) is 5.93. The molecule has 0 amide bonds. The quantitative estimate of drug-likeness (QED) is 0.807. The van der Waals surface area contributed by atoms with Crippen LogP contribution >= 0.6 is 11.3 Å². The lowest BCUT2D eigenvalue weighted by molar-refractivity contribution is 0.564. The summed E-state index contributed by atoms with van der Waals surface area (Å²) < 4.78 is 2.13. The fraction of sp³-hybridized carbons (Fsp3) is 0.545. The van der Waals surface area contributed by atoms with E-state index >= 15 is 0 Å². The van der Waals surface area contributed by atoms with E-state index in [-0.39, 0.29) is 5.41 Å². The van der Waals surface area contributed by atoms with Gasteiger partial charge in [0.05, 0.1) is 11.4 Å². The summed E-state index contributed by atoms with van der Waals surface area (Å²) in [6.45, 7) is 9.16. The Morgan fingerprint density at radius 1 is 1.47 bits per heavy atom. The van der Waals surface area contributed by atoms with Gasteiger partial charge in [-0.3, -0.25) is 4.40 Å². The molecule has 0 aliphatic heterocycles. The van der Waals surface area contributed by atoms with Gasteiger partial charge in [0.25, 0.3) is 0 Å². The third kappa shape index (κ3) is 1.68. The van der Waals surface area contributed by atoms with Gasteiger partial charge in [-0.25, -0.2) is 4.98 Å². The van der Waals surface area contributed by atoms with Crippen molar-refractivity contribution in [1.82, 2.24) is 9.38 Å². The van der Waals surface area contributed by atoms with Crippen molar-refractivity contribution in [2.75, 3.05) is 0 Å². The first kappa shape index (κ1) is 10.6. The fourth-order valence-corrected chi connectivity index (χ4v) is 2.64. The largest absolute Gasteiger partial charge is 0.325 e. The average Bonchev–Trinajstić information content (AvgIpc) is 2.58. The Labute approximate surface area is 93.9 Å². The number of thiazole rings is 1. The van der Waals surface area contributed by atoms with Gasteiger partial charge in [-0.1, -0.05) is 20.8 Å². The number of aryl methyl sites for hydroxylation is 1. The summed E-state index contributed by atoms with van der Waals surface area (Å²) >= 11 is 1.71. The van der Waals surface area contributed by atoms with Crippen molar-refractivity contribution < 1.29 is 0 Å². The molecule has 0 radical (unpaired) electrons. The normalized spacial score (nSPS) is 12.6. The molecule has 2 heterocycles. The molecule has 82 valence electrons. The van der Waals surface area contributed by atoms with E-state index in [4.69, 9.17) is 5.73 Å². The van der Waals surface area contributed by atoms with Crippen LogP contribution in [0.25, 0.3) is 4.96 Å². The molecule has 2 aromatic heterocycles. The summed E-state index contributed by atoms with van der Waals surface area (Å²) in [6.07, 6.45) is 2.12. The number of rotatable bonds is 1. The van der Waals surface area contributed by atoms with Gasteiger partial charge in [0.15, 0.2) is 4.96 Å².